The fourth-order valence-electron chi connectivity index (χ4n) is 2.70. The van der Waals surface area contributed by atoms with Crippen molar-refractivity contribution in [1.29, 1.82) is 0 Å². The van der Waals surface area contributed by atoms with Crippen molar-refractivity contribution >= 4 is 22.1 Å². The van der Waals surface area contributed by atoms with Crippen molar-refractivity contribution in [2.45, 2.75) is 0 Å². The van der Waals surface area contributed by atoms with E-state index in [1.807, 2.05) is 24.3 Å². The van der Waals surface area contributed by atoms with Gasteiger partial charge >= 0.3 is 0 Å². The third kappa shape index (κ3) is 3.00. The molecule has 0 saturated carbocycles. The second-order valence-corrected chi connectivity index (χ2v) is 5.23. The summed E-state index contributed by atoms with van der Waals surface area (Å²) in [6.07, 6.45) is 0. The number of hydrogen-bond donors (Lipinski definition) is 2. The first kappa shape index (κ1) is 15.0. The summed E-state index contributed by atoms with van der Waals surface area (Å²) in [5.74, 6) is 0. The van der Waals surface area contributed by atoms with Crippen molar-refractivity contribution in [2.24, 2.45) is 5.73 Å². The molecule has 0 bridgehead atoms. The van der Waals surface area contributed by atoms with Gasteiger partial charge in [0.25, 0.3) is 5.69 Å². The molecule has 3 aromatic carbocycles. The van der Waals surface area contributed by atoms with Crippen LogP contribution in [0.2, 0.25) is 0 Å². The van der Waals surface area contributed by atoms with Crippen LogP contribution in [0.1, 0.15) is 0 Å². The molecule has 5 nitrogen and oxygen atoms in total. The van der Waals surface area contributed by atoms with Gasteiger partial charge in [-0.3, -0.25) is 10.1 Å². The molecular formula is C18H17N3O2. The van der Waals surface area contributed by atoms with Gasteiger partial charge in [-0.1, -0.05) is 30.3 Å². The molecule has 0 saturated heterocycles. The summed E-state index contributed by atoms with van der Waals surface area (Å²) in [5.41, 5.74) is 8.68. The Balaban J connectivity index is 2.14. The summed E-state index contributed by atoms with van der Waals surface area (Å²) in [5, 5.41) is 16.4. The summed E-state index contributed by atoms with van der Waals surface area (Å²) >= 11 is 0. The minimum absolute atomic E-state index is 0.0930. The molecule has 0 aliphatic rings. The molecule has 3 rings (SSSR count). The van der Waals surface area contributed by atoms with Crippen LogP contribution < -0.4 is 11.1 Å². The Labute approximate surface area is 133 Å². The highest BCUT2D eigenvalue weighted by Crippen LogP contribution is 2.34. The van der Waals surface area contributed by atoms with Crippen LogP contribution in [0, 0.1) is 10.1 Å². The largest absolute Gasteiger partial charge is 0.383 e. The van der Waals surface area contributed by atoms with E-state index in [9.17, 15) is 10.1 Å². The minimum Gasteiger partial charge on any atom is -0.383 e. The topological polar surface area (TPSA) is 81.2 Å². The van der Waals surface area contributed by atoms with Crippen LogP contribution in [0.4, 0.5) is 11.4 Å². The zero-order chi connectivity index (χ0) is 16.2. The Morgan fingerprint density at radius 2 is 1.70 bits per heavy atom. The maximum atomic E-state index is 10.8. The molecule has 3 N–H and O–H groups in total. The van der Waals surface area contributed by atoms with E-state index in [-0.39, 0.29) is 10.6 Å². The molecule has 0 unspecified atom stereocenters. The molecule has 0 amide bonds. The number of nitrogens with zero attached hydrogens (tertiary/aromatic N) is 1. The van der Waals surface area contributed by atoms with Gasteiger partial charge in [0.2, 0.25) is 0 Å². The van der Waals surface area contributed by atoms with Crippen molar-refractivity contribution in [3.8, 4) is 11.1 Å². The lowest BCUT2D eigenvalue weighted by atomic mass is 9.97. The molecule has 0 aliphatic heterocycles. The lowest BCUT2D eigenvalue weighted by Crippen LogP contribution is -2.13. The molecular weight excluding hydrogens is 290 g/mol. The average molecular weight is 307 g/mol. The first-order valence-corrected chi connectivity index (χ1v) is 7.41. The van der Waals surface area contributed by atoms with Gasteiger partial charge in [0.05, 0.1) is 4.92 Å². The van der Waals surface area contributed by atoms with Crippen LogP contribution in [-0.4, -0.2) is 18.0 Å². The average Bonchev–Trinajstić information content (AvgIpc) is 2.59. The Bertz CT molecular complexity index is 839. The van der Waals surface area contributed by atoms with Crippen LogP contribution in [-0.2, 0) is 0 Å². The molecule has 0 aliphatic carbocycles. The second-order valence-electron chi connectivity index (χ2n) is 5.23. The zero-order valence-corrected chi connectivity index (χ0v) is 12.5. The number of nitro benzene ring substituents is 1. The monoisotopic (exact) mass is 307 g/mol. The zero-order valence-electron chi connectivity index (χ0n) is 12.5. The highest BCUT2D eigenvalue weighted by molar-refractivity contribution is 6.04. The molecule has 5 heteroatoms. The summed E-state index contributed by atoms with van der Waals surface area (Å²) in [6, 6.07) is 18.8. The van der Waals surface area contributed by atoms with Crippen LogP contribution in [0.5, 0.6) is 0 Å². The van der Waals surface area contributed by atoms with Gasteiger partial charge in [-0.05, 0) is 34.7 Å². The van der Waals surface area contributed by atoms with Gasteiger partial charge in [0.15, 0.2) is 0 Å². The molecule has 0 heterocycles. The molecule has 0 atom stereocenters. The number of nitrogens with two attached hydrogens (primary N) is 1. The number of non-ortho nitro benzene ring substituents is 1. The van der Waals surface area contributed by atoms with E-state index in [1.165, 1.54) is 12.1 Å². The SMILES string of the molecule is NCCNc1cccc2cccc(-c3ccc([N+](=O)[O-])cc3)c12. The maximum Gasteiger partial charge on any atom is 0.269 e. The summed E-state index contributed by atoms with van der Waals surface area (Å²) in [4.78, 5) is 10.4. The number of nitro groups is 1. The minimum atomic E-state index is -0.388. The van der Waals surface area contributed by atoms with E-state index in [2.05, 4.69) is 17.4 Å². The highest BCUT2D eigenvalue weighted by Gasteiger charge is 2.10. The number of fused-ring (bicyclic) bond motifs is 1. The van der Waals surface area contributed by atoms with E-state index < -0.39 is 0 Å². The first-order chi connectivity index (χ1) is 11.2. The van der Waals surface area contributed by atoms with Crippen LogP contribution in [0.15, 0.2) is 60.7 Å². The highest BCUT2D eigenvalue weighted by atomic mass is 16.6. The van der Waals surface area contributed by atoms with Crippen LogP contribution >= 0.6 is 0 Å². The number of anilines is 1. The molecule has 0 radical (unpaired) electrons. The Hall–Kier alpha value is -2.92. The van der Waals surface area contributed by atoms with E-state index in [0.29, 0.717) is 13.1 Å². The number of hydrogen-bond acceptors (Lipinski definition) is 4. The number of rotatable bonds is 5. The first-order valence-electron chi connectivity index (χ1n) is 7.41. The molecule has 0 spiro atoms. The van der Waals surface area contributed by atoms with Crippen molar-refractivity contribution in [3.63, 3.8) is 0 Å². The lowest BCUT2D eigenvalue weighted by molar-refractivity contribution is -0.384. The lowest BCUT2D eigenvalue weighted by Gasteiger charge is -2.13. The van der Waals surface area contributed by atoms with E-state index in [0.717, 1.165) is 27.6 Å². The number of benzene rings is 3. The fraction of sp³-hybridized carbons (Fsp3) is 0.111. The van der Waals surface area contributed by atoms with Crippen molar-refractivity contribution in [3.05, 3.63) is 70.8 Å². The van der Waals surface area contributed by atoms with Crippen molar-refractivity contribution < 1.29 is 4.92 Å². The molecule has 0 aromatic heterocycles. The summed E-state index contributed by atoms with van der Waals surface area (Å²) in [6.45, 7) is 1.24. The normalized spacial score (nSPS) is 10.7. The Kier molecular flexibility index (Phi) is 4.21. The molecule has 3 aromatic rings. The van der Waals surface area contributed by atoms with Gasteiger partial charge in [-0.2, -0.15) is 0 Å². The van der Waals surface area contributed by atoms with Crippen molar-refractivity contribution in [1.82, 2.24) is 0 Å². The quantitative estimate of drug-likeness (QED) is 0.555. The van der Waals surface area contributed by atoms with Gasteiger partial charge in [-0.25, -0.2) is 0 Å². The predicted octanol–water partition coefficient (Wildman–Crippen LogP) is 3.79. The van der Waals surface area contributed by atoms with E-state index >= 15 is 0 Å². The smallest absolute Gasteiger partial charge is 0.269 e. The second kappa shape index (κ2) is 6.46. The van der Waals surface area contributed by atoms with Gasteiger partial charge in [-0.15, -0.1) is 0 Å². The summed E-state index contributed by atoms with van der Waals surface area (Å²) in [7, 11) is 0. The fourth-order valence-corrected chi connectivity index (χ4v) is 2.70. The third-order valence-corrected chi connectivity index (χ3v) is 3.75. The van der Waals surface area contributed by atoms with Gasteiger partial charge in [0.1, 0.15) is 0 Å². The van der Waals surface area contributed by atoms with E-state index in [4.69, 9.17) is 5.73 Å². The number of nitrogens with one attached hydrogen (secondary N) is 1. The molecule has 23 heavy (non-hydrogen) atoms. The predicted molar refractivity (Wildman–Crippen MR) is 93.6 cm³/mol. The van der Waals surface area contributed by atoms with E-state index in [1.54, 1.807) is 12.1 Å². The Morgan fingerprint density at radius 3 is 2.35 bits per heavy atom. The van der Waals surface area contributed by atoms with Crippen LogP contribution in [0.3, 0.4) is 0 Å². The molecule has 116 valence electrons. The third-order valence-electron chi connectivity index (χ3n) is 3.75. The molecule has 0 fully saturated rings. The van der Waals surface area contributed by atoms with Gasteiger partial charge in [0, 0.05) is 36.3 Å². The van der Waals surface area contributed by atoms with Gasteiger partial charge < -0.3 is 11.1 Å². The Morgan fingerprint density at radius 1 is 1.00 bits per heavy atom. The van der Waals surface area contributed by atoms with Crippen LogP contribution in [0.25, 0.3) is 21.9 Å². The maximum absolute atomic E-state index is 10.8. The van der Waals surface area contributed by atoms with Crippen molar-refractivity contribution in [2.75, 3.05) is 18.4 Å². The summed E-state index contributed by atoms with van der Waals surface area (Å²) < 4.78 is 0. The standard InChI is InChI=1S/C18H17N3O2/c19-11-12-20-17-6-2-4-14-3-1-5-16(18(14)17)13-7-9-15(10-8-13)21(22)23/h1-10,20H,11-12,19H2.